The zero-order chi connectivity index (χ0) is 15.5. The van der Waals surface area contributed by atoms with Crippen LogP contribution >= 0.6 is 0 Å². The summed E-state index contributed by atoms with van der Waals surface area (Å²) >= 11 is 0. The van der Waals surface area contributed by atoms with E-state index in [2.05, 4.69) is 18.6 Å². The number of nitrogens with one attached hydrogen (secondary N) is 1. The van der Waals surface area contributed by atoms with Crippen LogP contribution in [0.15, 0.2) is 59.5 Å². The van der Waals surface area contributed by atoms with E-state index in [9.17, 15) is 8.42 Å². The molecule has 1 atom stereocenters. The van der Waals surface area contributed by atoms with E-state index in [-0.39, 0.29) is 6.04 Å². The Morgan fingerprint density at radius 1 is 0.810 bits per heavy atom. The standard InChI is InChI=1S/C17H21NO2S/c1-13(2)15-9-11-17(12-10-15)21(19,20)18-14(3)16-7-5-4-6-8-16/h4-14,18H,1-3H3. The molecule has 0 aromatic heterocycles. The second kappa shape index (κ2) is 6.41. The number of benzene rings is 2. The molecule has 0 saturated carbocycles. The molecule has 2 aromatic rings. The van der Waals surface area contributed by atoms with Crippen LogP contribution in [-0.2, 0) is 10.0 Å². The molecule has 2 rings (SSSR count). The van der Waals surface area contributed by atoms with Crippen molar-refractivity contribution in [3.8, 4) is 0 Å². The molecule has 1 unspecified atom stereocenters. The molecule has 4 heteroatoms. The first-order chi connectivity index (χ1) is 9.90. The minimum atomic E-state index is -3.50. The zero-order valence-electron chi connectivity index (χ0n) is 12.6. The average molecular weight is 303 g/mol. The van der Waals surface area contributed by atoms with Crippen molar-refractivity contribution in [2.75, 3.05) is 0 Å². The predicted molar refractivity (Wildman–Crippen MR) is 85.7 cm³/mol. The molecular formula is C17H21NO2S. The van der Waals surface area contributed by atoms with Gasteiger partial charge in [0.25, 0.3) is 0 Å². The van der Waals surface area contributed by atoms with E-state index < -0.39 is 10.0 Å². The summed E-state index contributed by atoms with van der Waals surface area (Å²) in [5.74, 6) is 0.387. The third-order valence-corrected chi connectivity index (χ3v) is 5.05. The van der Waals surface area contributed by atoms with Crippen LogP contribution in [0.3, 0.4) is 0 Å². The Labute approximate surface area is 127 Å². The van der Waals surface area contributed by atoms with Crippen molar-refractivity contribution < 1.29 is 8.42 Å². The van der Waals surface area contributed by atoms with E-state index >= 15 is 0 Å². The largest absolute Gasteiger partial charge is 0.241 e. The third kappa shape index (κ3) is 3.93. The molecule has 0 saturated heterocycles. The van der Waals surface area contributed by atoms with Gasteiger partial charge in [0.1, 0.15) is 0 Å². The highest BCUT2D eigenvalue weighted by Crippen LogP contribution is 2.19. The van der Waals surface area contributed by atoms with E-state index in [0.29, 0.717) is 10.8 Å². The van der Waals surface area contributed by atoms with Crippen LogP contribution in [0, 0.1) is 0 Å². The Balaban J connectivity index is 2.18. The van der Waals surface area contributed by atoms with E-state index in [0.717, 1.165) is 11.1 Å². The lowest BCUT2D eigenvalue weighted by Gasteiger charge is -2.15. The molecule has 3 nitrogen and oxygen atoms in total. The van der Waals surface area contributed by atoms with Crippen molar-refractivity contribution in [3.05, 3.63) is 65.7 Å². The van der Waals surface area contributed by atoms with Crippen molar-refractivity contribution in [1.82, 2.24) is 4.72 Å². The highest BCUT2D eigenvalue weighted by atomic mass is 32.2. The van der Waals surface area contributed by atoms with Gasteiger partial charge in [-0.15, -0.1) is 0 Å². The lowest BCUT2D eigenvalue weighted by atomic mass is 10.0. The number of hydrogen-bond acceptors (Lipinski definition) is 2. The van der Waals surface area contributed by atoms with Gasteiger partial charge in [-0.05, 0) is 36.1 Å². The molecular weight excluding hydrogens is 282 g/mol. The first kappa shape index (κ1) is 15.7. The highest BCUT2D eigenvalue weighted by Gasteiger charge is 2.18. The summed E-state index contributed by atoms with van der Waals surface area (Å²) in [6, 6.07) is 16.3. The molecule has 0 aliphatic carbocycles. The monoisotopic (exact) mass is 303 g/mol. The Morgan fingerprint density at radius 2 is 1.38 bits per heavy atom. The van der Waals surface area contributed by atoms with Gasteiger partial charge in [0, 0.05) is 6.04 Å². The van der Waals surface area contributed by atoms with Crippen molar-refractivity contribution in [2.24, 2.45) is 0 Å². The van der Waals surface area contributed by atoms with Crippen LogP contribution in [0.2, 0.25) is 0 Å². The molecule has 0 aliphatic rings. The molecule has 112 valence electrons. The zero-order valence-corrected chi connectivity index (χ0v) is 13.4. The van der Waals surface area contributed by atoms with Gasteiger partial charge in [0.05, 0.1) is 4.90 Å². The summed E-state index contributed by atoms with van der Waals surface area (Å²) in [5.41, 5.74) is 2.07. The molecule has 0 fully saturated rings. The summed E-state index contributed by atoms with van der Waals surface area (Å²) < 4.78 is 27.5. The molecule has 21 heavy (non-hydrogen) atoms. The number of rotatable bonds is 5. The molecule has 2 aromatic carbocycles. The SMILES string of the molecule is CC(C)c1ccc(S(=O)(=O)NC(C)c2ccccc2)cc1. The fourth-order valence-corrected chi connectivity index (χ4v) is 3.37. The van der Waals surface area contributed by atoms with Crippen LogP contribution in [0.5, 0.6) is 0 Å². The maximum atomic E-state index is 12.4. The quantitative estimate of drug-likeness (QED) is 0.912. The Morgan fingerprint density at radius 3 is 1.90 bits per heavy atom. The maximum Gasteiger partial charge on any atom is 0.241 e. The second-order valence-electron chi connectivity index (χ2n) is 5.48. The molecule has 0 spiro atoms. The highest BCUT2D eigenvalue weighted by molar-refractivity contribution is 7.89. The van der Waals surface area contributed by atoms with Gasteiger partial charge in [-0.25, -0.2) is 13.1 Å². The van der Waals surface area contributed by atoms with Crippen LogP contribution < -0.4 is 4.72 Å². The van der Waals surface area contributed by atoms with Crippen molar-refractivity contribution in [3.63, 3.8) is 0 Å². The van der Waals surface area contributed by atoms with E-state index in [4.69, 9.17) is 0 Å². The normalized spacial score (nSPS) is 13.3. The van der Waals surface area contributed by atoms with Crippen molar-refractivity contribution >= 4 is 10.0 Å². The second-order valence-corrected chi connectivity index (χ2v) is 7.19. The summed E-state index contributed by atoms with van der Waals surface area (Å²) in [5, 5.41) is 0. The van der Waals surface area contributed by atoms with Crippen LogP contribution in [0.25, 0.3) is 0 Å². The fourth-order valence-electron chi connectivity index (χ4n) is 2.14. The number of hydrogen-bond donors (Lipinski definition) is 1. The topological polar surface area (TPSA) is 46.2 Å². The lowest BCUT2D eigenvalue weighted by molar-refractivity contribution is 0.567. The summed E-state index contributed by atoms with van der Waals surface area (Å²) in [6.07, 6.45) is 0. The maximum absolute atomic E-state index is 12.4. The van der Waals surface area contributed by atoms with Crippen LogP contribution in [0.4, 0.5) is 0 Å². The van der Waals surface area contributed by atoms with Gasteiger partial charge < -0.3 is 0 Å². The van der Waals surface area contributed by atoms with Crippen LogP contribution in [0.1, 0.15) is 43.9 Å². The Hall–Kier alpha value is -1.65. The van der Waals surface area contributed by atoms with Crippen LogP contribution in [-0.4, -0.2) is 8.42 Å². The molecule has 1 N–H and O–H groups in total. The van der Waals surface area contributed by atoms with E-state index in [1.165, 1.54) is 0 Å². The van der Waals surface area contributed by atoms with Crippen molar-refractivity contribution in [1.29, 1.82) is 0 Å². The van der Waals surface area contributed by atoms with Gasteiger partial charge in [0.15, 0.2) is 0 Å². The Bertz CT molecular complexity index is 676. The Kier molecular flexibility index (Phi) is 4.80. The summed E-state index contributed by atoms with van der Waals surface area (Å²) in [4.78, 5) is 0.301. The van der Waals surface area contributed by atoms with E-state index in [1.807, 2.05) is 49.4 Å². The van der Waals surface area contributed by atoms with Crippen molar-refractivity contribution in [2.45, 2.75) is 37.6 Å². The van der Waals surface area contributed by atoms with Gasteiger partial charge >= 0.3 is 0 Å². The van der Waals surface area contributed by atoms with Gasteiger partial charge in [-0.1, -0.05) is 56.3 Å². The predicted octanol–water partition coefficient (Wildman–Crippen LogP) is 3.85. The molecule has 0 heterocycles. The summed E-state index contributed by atoms with van der Waals surface area (Å²) in [7, 11) is -3.50. The molecule has 0 bridgehead atoms. The average Bonchev–Trinajstić information content (AvgIpc) is 2.48. The third-order valence-electron chi connectivity index (χ3n) is 3.49. The van der Waals surface area contributed by atoms with Gasteiger partial charge in [-0.3, -0.25) is 0 Å². The minimum absolute atomic E-state index is 0.263. The molecule has 0 amide bonds. The fraction of sp³-hybridized carbons (Fsp3) is 0.294. The summed E-state index contributed by atoms with van der Waals surface area (Å²) in [6.45, 7) is 6.01. The molecule has 0 radical (unpaired) electrons. The molecule has 0 aliphatic heterocycles. The van der Waals surface area contributed by atoms with Gasteiger partial charge in [0.2, 0.25) is 10.0 Å². The smallest absolute Gasteiger partial charge is 0.207 e. The van der Waals surface area contributed by atoms with Gasteiger partial charge in [-0.2, -0.15) is 0 Å². The minimum Gasteiger partial charge on any atom is -0.207 e. The number of sulfonamides is 1. The first-order valence-electron chi connectivity index (χ1n) is 7.07. The lowest BCUT2D eigenvalue weighted by Crippen LogP contribution is -2.26. The van der Waals surface area contributed by atoms with E-state index in [1.54, 1.807) is 12.1 Å². The first-order valence-corrected chi connectivity index (χ1v) is 8.55.